The molecule has 0 aliphatic heterocycles. The molecule has 1 unspecified atom stereocenters. The van der Waals surface area contributed by atoms with Crippen molar-refractivity contribution in [1.29, 1.82) is 0 Å². The van der Waals surface area contributed by atoms with Gasteiger partial charge in [0, 0.05) is 17.0 Å². The number of carboxylic acids is 2. The lowest BCUT2D eigenvalue weighted by molar-refractivity contribution is -0.141. The third kappa shape index (κ3) is 6.03. The Hall–Kier alpha value is -3.44. The van der Waals surface area contributed by atoms with Crippen molar-refractivity contribution in [3.63, 3.8) is 0 Å². The first kappa shape index (κ1) is 22.2. The lowest BCUT2D eigenvalue weighted by atomic mass is 9.91. The minimum Gasteiger partial charge on any atom is -0.481 e. The molecule has 0 spiro atoms. The highest BCUT2D eigenvalue weighted by atomic mass is 35.5. The van der Waals surface area contributed by atoms with Crippen molar-refractivity contribution in [2.24, 2.45) is 5.92 Å². The van der Waals surface area contributed by atoms with Crippen molar-refractivity contribution in [2.75, 3.05) is 0 Å². The average molecular weight is 437 g/mol. The Bertz CT molecular complexity index is 1090. The molecule has 158 valence electrons. The van der Waals surface area contributed by atoms with Crippen molar-refractivity contribution in [2.45, 2.75) is 19.3 Å². The third-order valence-corrected chi connectivity index (χ3v) is 5.37. The number of ketones is 1. The van der Waals surface area contributed by atoms with Crippen LogP contribution in [0.4, 0.5) is 0 Å². The van der Waals surface area contributed by atoms with Crippen LogP contribution in [0, 0.1) is 5.92 Å². The van der Waals surface area contributed by atoms with Gasteiger partial charge < -0.3 is 10.2 Å². The highest BCUT2D eigenvalue weighted by Gasteiger charge is 2.22. The van der Waals surface area contributed by atoms with E-state index in [0.29, 0.717) is 17.0 Å². The van der Waals surface area contributed by atoms with Crippen molar-refractivity contribution in [3.05, 3.63) is 94.5 Å². The Labute approximate surface area is 184 Å². The van der Waals surface area contributed by atoms with Crippen molar-refractivity contribution in [3.8, 4) is 11.1 Å². The zero-order valence-corrected chi connectivity index (χ0v) is 17.4. The lowest BCUT2D eigenvalue weighted by Gasteiger charge is -2.12. The third-order valence-electron chi connectivity index (χ3n) is 5.12. The van der Waals surface area contributed by atoms with Crippen LogP contribution in [-0.2, 0) is 11.2 Å². The zero-order valence-electron chi connectivity index (χ0n) is 16.6. The number of carbonyl (C=O) groups is 3. The molecule has 0 radical (unpaired) electrons. The van der Waals surface area contributed by atoms with Gasteiger partial charge in [-0.25, -0.2) is 4.79 Å². The molecule has 6 heteroatoms. The van der Waals surface area contributed by atoms with Crippen molar-refractivity contribution < 1.29 is 24.6 Å². The first-order valence-corrected chi connectivity index (χ1v) is 10.2. The van der Waals surface area contributed by atoms with Crippen LogP contribution >= 0.6 is 11.6 Å². The largest absolute Gasteiger partial charge is 0.481 e. The average Bonchev–Trinajstić information content (AvgIpc) is 2.77. The molecule has 0 bridgehead atoms. The summed E-state index contributed by atoms with van der Waals surface area (Å²) in [7, 11) is 0. The molecule has 0 aliphatic rings. The van der Waals surface area contributed by atoms with Crippen LogP contribution in [-0.4, -0.2) is 27.9 Å². The van der Waals surface area contributed by atoms with E-state index in [1.165, 1.54) is 12.1 Å². The number of hydrogen-bond donors (Lipinski definition) is 2. The zero-order chi connectivity index (χ0) is 22.4. The van der Waals surface area contributed by atoms with Gasteiger partial charge >= 0.3 is 11.9 Å². The molecule has 0 saturated heterocycles. The van der Waals surface area contributed by atoms with E-state index in [4.69, 9.17) is 16.7 Å². The molecule has 0 aliphatic carbocycles. The van der Waals surface area contributed by atoms with Gasteiger partial charge in [0.15, 0.2) is 5.78 Å². The number of carboxylic acid groups (broad SMARTS) is 2. The maximum absolute atomic E-state index is 12.6. The quantitative estimate of drug-likeness (QED) is 0.425. The Balaban J connectivity index is 1.65. The van der Waals surface area contributed by atoms with Gasteiger partial charge in [0.25, 0.3) is 0 Å². The summed E-state index contributed by atoms with van der Waals surface area (Å²) in [6.07, 6.45) is 0.502. The highest BCUT2D eigenvalue weighted by Crippen LogP contribution is 2.23. The predicted molar refractivity (Wildman–Crippen MR) is 119 cm³/mol. The summed E-state index contributed by atoms with van der Waals surface area (Å²) in [5, 5.41) is 19.3. The fourth-order valence-corrected chi connectivity index (χ4v) is 3.47. The van der Waals surface area contributed by atoms with E-state index in [9.17, 15) is 19.5 Å². The van der Waals surface area contributed by atoms with Crippen LogP contribution in [0.3, 0.4) is 0 Å². The minimum absolute atomic E-state index is 0.117. The lowest BCUT2D eigenvalue weighted by Crippen LogP contribution is -2.19. The first-order valence-electron chi connectivity index (χ1n) is 9.77. The van der Waals surface area contributed by atoms with Gasteiger partial charge in [0.2, 0.25) is 0 Å². The van der Waals surface area contributed by atoms with E-state index in [2.05, 4.69) is 0 Å². The summed E-state index contributed by atoms with van der Waals surface area (Å²) in [6.45, 7) is 0. The summed E-state index contributed by atoms with van der Waals surface area (Å²) in [4.78, 5) is 35.4. The molecule has 3 aromatic carbocycles. The number of Topliss-reactive ketones (excluding diaryl/α,β-unsaturated/α-hetero) is 1. The van der Waals surface area contributed by atoms with E-state index < -0.39 is 17.9 Å². The smallest absolute Gasteiger partial charge is 0.335 e. The highest BCUT2D eigenvalue weighted by molar-refractivity contribution is 6.30. The number of rotatable bonds is 9. The van der Waals surface area contributed by atoms with Crippen molar-refractivity contribution in [1.82, 2.24) is 0 Å². The molecular weight excluding hydrogens is 416 g/mol. The Kier molecular flexibility index (Phi) is 7.21. The molecule has 0 aromatic heterocycles. The topological polar surface area (TPSA) is 91.7 Å². The number of benzene rings is 3. The van der Waals surface area contributed by atoms with Crippen LogP contribution in [0.2, 0.25) is 5.02 Å². The van der Waals surface area contributed by atoms with E-state index in [-0.39, 0.29) is 24.2 Å². The SMILES string of the molecule is O=C(O)c1cccc(CCC(CC(=O)c2ccc(-c3ccc(Cl)cc3)cc2)C(=O)O)c1. The molecule has 31 heavy (non-hydrogen) atoms. The minimum atomic E-state index is -1.04. The van der Waals surface area contributed by atoms with Crippen LogP contribution < -0.4 is 0 Å². The maximum atomic E-state index is 12.6. The first-order chi connectivity index (χ1) is 14.8. The summed E-state index contributed by atoms with van der Waals surface area (Å²) in [6, 6.07) is 20.8. The Morgan fingerprint density at radius 2 is 1.42 bits per heavy atom. The number of hydrogen-bond acceptors (Lipinski definition) is 3. The van der Waals surface area contributed by atoms with E-state index in [1.807, 2.05) is 24.3 Å². The van der Waals surface area contributed by atoms with Gasteiger partial charge in [-0.05, 0) is 53.8 Å². The van der Waals surface area contributed by atoms with Crippen LogP contribution in [0.25, 0.3) is 11.1 Å². The van der Waals surface area contributed by atoms with Gasteiger partial charge in [-0.15, -0.1) is 0 Å². The normalized spacial score (nSPS) is 11.6. The van der Waals surface area contributed by atoms with E-state index >= 15 is 0 Å². The summed E-state index contributed by atoms with van der Waals surface area (Å²) < 4.78 is 0. The summed E-state index contributed by atoms with van der Waals surface area (Å²) in [5.74, 6) is -3.17. The molecule has 5 nitrogen and oxygen atoms in total. The second kappa shape index (κ2) is 10.0. The van der Waals surface area contributed by atoms with Crippen molar-refractivity contribution >= 4 is 29.3 Å². The number of aliphatic carboxylic acids is 1. The predicted octanol–water partition coefficient (Wildman–Crippen LogP) is 5.61. The second-order valence-electron chi connectivity index (χ2n) is 7.29. The Morgan fingerprint density at radius 1 is 0.806 bits per heavy atom. The summed E-state index contributed by atoms with van der Waals surface area (Å²) in [5.41, 5.74) is 3.24. The van der Waals surface area contributed by atoms with Gasteiger partial charge in [0.1, 0.15) is 0 Å². The monoisotopic (exact) mass is 436 g/mol. The molecule has 0 fully saturated rings. The molecular formula is C25H21ClO5. The fraction of sp³-hybridized carbons (Fsp3) is 0.160. The Morgan fingerprint density at radius 3 is 2.00 bits per heavy atom. The van der Waals surface area contributed by atoms with Gasteiger partial charge in [-0.1, -0.05) is 60.1 Å². The molecule has 0 saturated carbocycles. The maximum Gasteiger partial charge on any atom is 0.335 e. The molecule has 1 atom stereocenters. The molecule has 0 heterocycles. The second-order valence-corrected chi connectivity index (χ2v) is 7.73. The van der Waals surface area contributed by atoms with Crippen LogP contribution in [0.15, 0.2) is 72.8 Å². The molecule has 3 aromatic rings. The van der Waals surface area contributed by atoms with Crippen LogP contribution in [0.1, 0.15) is 39.1 Å². The summed E-state index contributed by atoms with van der Waals surface area (Å²) >= 11 is 5.91. The fourth-order valence-electron chi connectivity index (χ4n) is 3.35. The number of halogens is 1. The number of carbonyl (C=O) groups excluding carboxylic acids is 1. The molecule has 2 N–H and O–H groups in total. The molecule has 3 rings (SSSR count). The number of aryl methyl sites for hydroxylation is 1. The van der Waals surface area contributed by atoms with Gasteiger partial charge in [0.05, 0.1) is 11.5 Å². The van der Waals surface area contributed by atoms with Crippen LogP contribution in [0.5, 0.6) is 0 Å². The van der Waals surface area contributed by atoms with E-state index in [0.717, 1.165) is 16.7 Å². The molecule has 0 amide bonds. The standard InChI is InChI=1S/C25H21ClO5/c26-22-12-10-18(11-13-22)17-6-8-19(9-7-17)23(27)15-21(25(30)31)5-4-16-2-1-3-20(14-16)24(28)29/h1-3,6-14,21H,4-5,15H2,(H,28,29)(H,30,31). The van der Waals surface area contributed by atoms with Gasteiger partial charge in [-0.3, -0.25) is 9.59 Å². The van der Waals surface area contributed by atoms with E-state index in [1.54, 1.807) is 36.4 Å². The number of aromatic carboxylic acids is 1. The van der Waals surface area contributed by atoms with Gasteiger partial charge in [-0.2, -0.15) is 0 Å².